The predicted molar refractivity (Wildman–Crippen MR) is 83.0 cm³/mol. The maximum atomic E-state index is 11.7. The molecule has 0 aromatic rings. The van der Waals surface area contributed by atoms with Crippen molar-refractivity contribution >= 4 is 23.9 Å². The highest BCUT2D eigenvalue weighted by Gasteiger charge is 2.36. The molecule has 8 nitrogen and oxygen atoms in total. The molecular formula is C16H22O8. The van der Waals surface area contributed by atoms with E-state index in [2.05, 4.69) is 0 Å². The second kappa shape index (κ2) is 9.49. The number of carbonyl (C=O) groups is 4. The van der Waals surface area contributed by atoms with E-state index in [1.807, 2.05) is 0 Å². The molecule has 0 saturated carbocycles. The van der Waals surface area contributed by atoms with Crippen LogP contribution in [0.3, 0.4) is 0 Å². The van der Waals surface area contributed by atoms with Crippen molar-refractivity contribution in [2.75, 3.05) is 6.61 Å². The maximum absolute atomic E-state index is 11.7. The molecule has 0 aliphatic carbocycles. The fraction of sp³-hybridized carbons (Fsp3) is 0.500. The second-order valence-corrected chi connectivity index (χ2v) is 6.04. The molecule has 8 heteroatoms. The van der Waals surface area contributed by atoms with Gasteiger partial charge in [0.25, 0.3) is 0 Å². The van der Waals surface area contributed by atoms with E-state index in [1.54, 1.807) is 27.7 Å². The van der Waals surface area contributed by atoms with E-state index in [-0.39, 0.29) is 12.5 Å². The number of rotatable bonds is 9. The molecule has 0 amide bonds. The Balaban J connectivity index is 4.89. The Labute approximate surface area is 139 Å². The molecule has 0 spiro atoms. The van der Waals surface area contributed by atoms with Crippen molar-refractivity contribution in [2.24, 2.45) is 11.3 Å². The van der Waals surface area contributed by atoms with E-state index < -0.39 is 35.4 Å². The SMILES string of the molecule is CC(C)C(OC(=O)C=CC(=O)O)C(C)(C)COC(=O)C=CC(=O)O. The van der Waals surface area contributed by atoms with Gasteiger partial charge in [-0.1, -0.05) is 27.7 Å². The van der Waals surface area contributed by atoms with Crippen LogP contribution in [-0.4, -0.2) is 46.8 Å². The summed E-state index contributed by atoms with van der Waals surface area (Å²) in [5.41, 5.74) is -0.770. The summed E-state index contributed by atoms with van der Waals surface area (Å²) >= 11 is 0. The lowest BCUT2D eigenvalue weighted by Gasteiger charge is -2.35. The molecule has 0 radical (unpaired) electrons. The molecule has 134 valence electrons. The minimum Gasteiger partial charge on any atom is -0.478 e. The lowest BCUT2D eigenvalue weighted by atomic mass is 9.81. The average Bonchev–Trinajstić information content (AvgIpc) is 2.45. The maximum Gasteiger partial charge on any atom is 0.331 e. The number of ether oxygens (including phenoxy) is 2. The molecule has 2 N–H and O–H groups in total. The molecule has 1 atom stereocenters. The molecule has 0 aliphatic rings. The summed E-state index contributed by atoms with van der Waals surface area (Å²) in [6.07, 6.45) is 2.26. The Morgan fingerprint density at radius 3 is 1.79 bits per heavy atom. The number of hydrogen-bond acceptors (Lipinski definition) is 6. The summed E-state index contributed by atoms with van der Waals surface area (Å²) < 4.78 is 10.2. The van der Waals surface area contributed by atoms with Crippen LogP contribution in [0.2, 0.25) is 0 Å². The molecule has 24 heavy (non-hydrogen) atoms. The molecule has 0 aliphatic heterocycles. The Kier molecular flexibility index (Phi) is 8.44. The second-order valence-electron chi connectivity index (χ2n) is 6.04. The van der Waals surface area contributed by atoms with E-state index in [1.165, 1.54) is 0 Å². The highest BCUT2D eigenvalue weighted by atomic mass is 16.6. The smallest absolute Gasteiger partial charge is 0.331 e. The van der Waals surface area contributed by atoms with Gasteiger partial charge in [0.1, 0.15) is 12.7 Å². The minimum atomic E-state index is -1.27. The number of carboxylic acid groups (broad SMARTS) is 2. The minimum absolute atomic E-state index is 0.117. The van der Waals surface area contributed by atoms with E-state index in [0.717, 1.165) is 12.2 Å². The normalized spacial score (nSPS) is 13.2. The van der Waals surface area contributed by atoms with Gasteiger partial charge in [-0.2, -0.15) is 0 Å². The molecule has 0 saturated heterocycles. The molecule has 0 aromatic carbocycles. The van der Waals surface area contributed by atoms with Crippen LogP contribution in [0.1, 0.15) is 27.7 Å². The van der Waals surface area contributed by atoms with E-state index in [4.69, 9.17) is 19.7 Å². The zero-order valence-electron chi connectivity index (χ0n) is 14.0. The van der Waals surface area contributed by atoms with Gasteiger partial charge in [-0.25, -0.2) is 19.2 Å². The first-order chi connectivity index (χ1) is 11.0. The molecule has 0 bridgehead atoms. The van der Waals surface area contributed by atoms with Crippen LogP contribution in [0.5, 0.6) is 0 Å². The summed E-state index contributed by atoms with van der Waals surface area (Å²) in [5.74, 6) is -4.32. The predicted octanol–water partition coefficient (Wildman–Crippen LogP) is 1.41. The highest BCUT2D eigenvalue weighted by molar-refractivity contribution is 5.91. The van der Waals surface area contributed by atoms with Crippen molar-refractivity contribution < 1.29 is 38.9 Å². The van der Waals surface area contributed by atoms with Crippen molar-refractivity contribution in [3.8, 4) is 0 Å². The van der Waals surface area contributed by atoms with Crippen molar-refractivity contribution in [3.63, 3.8) is 0 Å². The van der Waals surface area contributed by atoms with Gasteiger partial charge < -0.3 is 19.7 Å². The van der Waals surface area contributed by atoms with Crippen LogP contribution in [-0.2, 0) is 28.7 Å². The van der Waals surface area contributed by atoms with Crippen LogP contribution in [0.4, 0.5) is 0 Å². The lowest BCUT2D eigenvalue weighted by Crippen LogP contribution is -2.41. The number of carboxylic acids is 2. The zero-order chi connectivity index (χ0) is 18.9. The van der Waals surface area contributed by atoms with Crippen molar-refractivity contribution in [1.82, 2.24) is 0 Å². The van der Waals surface area contributed by atoms with Crippen LogP contribution < -0.4 is 0 Å². The first-order valence-electron chi connectivity index (χ1n) is 7.15. The largest absolute Gasteiger partial charge is 0.478 e. The quantitative estimate of drug-likeness (QED) is 0.475. The number of hydrogen-bond donors (Lipinski definition) is 2. The third-order valence-electron chi connectivity index (χ3n) is 2.93. The Hall–Kier alpha value is -2.64. The van der Waals surface area contributed by atoms with Gasteiger partial charge in [0.2, 0.25) is 0 Å². The number of aliphatic carboxylic acids is 2. The third-order valence-corrected chi connectivity index (χ3v) is 2.93. The van der Waals surface area contributed by atoms with E-state index in [9.17, 15) is 19.2 Å². The summed E-state index contributed by atoms with van der Waals surface area (Å²) in [7, 11) is 0. The molecule has 1 unspecified atom stereocenters. The zero-order valence-corrected chi connectivity index (χ0v) is 14.0. The van der Waals surface area contributed by atoms with E-state index >= 15 is 0 Å². The van der Waals surface area contributed by atoms with Crippen LogP contribution in [0.25, 0.3) is 0 Å². The van der Waals surface area contributed by atoms with Crippen molar-refractivity contribution in [2.45, 2.75) is 33.8 Å². The van der Waals surface area contributed by atoms with Crippen molar-refractivity contribution in [3.05, 3.63) is 24.3 Å². The summed E-state index contributed by atoms with van der Waals surface area (Å²) in [6, 6.07) is 0. The van der Waals surface area contributed by atoms with Gasteiger partial charge in [-0.05, 0) is 5.92 Å². The monoisotopic (exact) mass is 342 g/mol. The Morgan fingerprint density at radius 1 is 0.917 bits per heavy atom. The highest BCUT2D eigenvalue weighted by Crippen LogP contribution is 2.29. The molecular weight excluding hydrogens is 320 g/mol. The lowest BCUT2D eigenvalue weighted by molar-refractivity contribution is -0.159. The number of esters is 2. The summed E-state index contributed by atoms with van der Waals surface area (Å²) in [5, 5.41) is 16.9. The van der Waals surface area contributed by atoms with Crippen LogP contribution >= 0.6 is 0 Å². The van der Waals surface area contributed by atoms with Gasteiger partial charge in [-0.15, -0.1) is 0 Å². The fourth-order valence-corrected chi connectivity index (χ4v) is 2.03. The van der Waals surface area contributed by atoms with Gasteiger partial charge in [0.15, 0.2) is 0 Å². The molecule has 0 fully saturated rings. The van der Waals surface area contributed by atoms with Gasteiger partial charge >= 0.3 is 23.9 Å². The molecule has 0 heterocycles. The first kappa shape index (κ1) is 21.4. The fourth-order valence-electron chi connectivity index (χ4n) is 2.03. The van der Waals surface area contributed by atoms with Gasteiger partial charge in [0, 0.05) is 29.7 Å². The van der Waals surface area contributed by atoms with Crippen LogP contribution in [0, 0.1) is 11.3 Å². The third kappa shape index (κ3) is 8.72. The number of carbonyl (C=O) groups excluding carboxylic acids is 2. The summed E-state index contributed by atoms with van der Waals surface area (Å²) in [6.45, 7) is 6.90. The molecule has 0 rings (SSSR count). The van der Waals surface area contributed by atoms with Gasteiger partial charge in [-0.3, -0.25) is 0 Å². The standard InChI is InChI=1S/C16H22O8/c1-10(2)15(24-14(22)8-6-12(19)20)16(3,4)9-23-13(21)7-5-11(17)18/h5-8,10,15H,9H2,1-4H3,(H,17,18)(H,19,20). The average molecular weight is 342 g/mol. The first-order valence-corrected chi connectivity index (χ1v) is 7.15. The van der Waals surface area contributed by atoms with Crippen LogP contribution in [0.15, 0.2) is 24.3 Å². The Morgan fingerprint density at radius 2 is 1.38 bits per heavy atom. The van der Waals surface area contributed by atoms with Crippen molar-refractivity contribution in [1.29, 1.82) is 0 Å². The Bertz CT molecular complexity index is 542. The van der Waals surface area contributed by atoms with E-state index in [0.29, 0.717) is 12.2 Å². The van der Waals surface area contributed by atoms with Gasteiger partial charge in [0.05, 0.1) is 0 Å². The molecule has 0 aromatic heterocycles. The topological polar surface area (TPSA) is 127 Å². The summed E-state index contributed by atoms with van der Waals surface area (Å²) in [4.78, 5) is 43.8.